The van der Waals surface area contributed by atoms with Crippen molar-refractivity contribution in [1.82, 2.24) is 4.90 Å². The van der Waals surface area contributed by atoms with Gasteiger partial charge in [0.15, 0.2) is 0 Å². The van der Waals surface area contributed by atoms with Gasteiger partial charge in [0.25, 0.3) is 0 Å². The van der Waals surface area contributed by atoms with E-state index in [9.17, 15) is 5.11 Å². The van der Waals surface area contributed by atoms with Crippen LogP contribution in [0.2, 0.25) is 0 Å². The van der Waals surface area contributed by atoms with E-state index in [-0.39, 0.29) is 6.10 Å². The molecule has 1 unspecified atom stereocenters. The fraction of sp³-hybridized carbons (Fsp3) is 0.900. The molecule has 0 amide bonds. The van der Waals surface area contributed by atoms with Gasteiger partial charge in [-0.2, -0.15) is 0 Å². The molecule has 3 heterocycles. The molecule has 6 saturated carbocycles. The Balaban J connectivity index is 1.53. The standard InChI is InChI=1S/C20H27NO/c1-10-7-19-8-12-16-18(2)4-3-5-20(16)13(19)6-11(10)15(22)14(19)17(20)21(12)9-18/h11-17,22H,1,3-9H2,2H3/t11-,12-,13+,14+,15+,16+,17+,18-,19+,20+/m0/s1. The van der Waals surface area contributed by atoms with E-state index >= 15 is 0 Å². The highest BCUT2D eigenvalue weighted by Crippen LogP contribution is 2.87. The second kappa shape index (κ2) is 2.99. The Morgan fingerprint density at radius 3 is 3.05 bits per heavy atom. The molecule has 9 aliphatic rings. The van der Waals surface area contributed by atoms with Crippen molar-refractivity contribution in [1.29, 1.82) is 0 Å². The van der Waals surface area contributed by atoms with Crippen LogP contribution in [0.1, 0.15) is 45.4 Å². The number of hydrogen-bond donors (Lipinski definition) is 1. The zero-order valence-corrected chi connectivity index (χ0v) is 13.6. The van der Waals surface area contributed by atoms with Crippen molar-refractivity contribution in [3.63, 3.8) is 0 Å². The van der Waals surface area contributed by atoms with Gasteiger partial charge in [-0.25, -0.2) is 0 Å². The fourth-order valence-electron chi connectivity index (χ4n) is 10.5. The van der Waals surface area contributed by atoms with Crippen LogP contribution in [0.25, 0.3) is 0 Å². The first kappa shape index (κ1) is 12.1. The topological polar surface area (TPSA) is 23.5 Å². The lowest BCUT2D eigenvalue weighted by Gasteiger charge is -2.64. The Kier molecular flexibility index (Phi) is 1.64. The van der Waals surface area contributed by atoms with Crippen molar-refractivity contribution in [2.45, 2.75) is 63.6 Å². The van der Waals surface area contributed by atoms with E-state index < -0.39 is 0 Å². The molecule has 0 aromatic rings. The monoisotopic (exact) mass is 297 g/mol. The van der Waals surface area contributed by atoms with Crippen LogP contribution in [0.5, 0.6) is 0 Å². The quantitative estimate of drug-likeness (QED) is 0.695. The SMILES string of the molecule is C=C1C[C@@]23C[C@H]4[C@@H]5[C@@]6(C)CCC[C@@]57[C@@H]2C[C@@H]1[C@@H](O)[C@@H]3[C@H]7N4C6. The molecule has 3 aliphatic heterocycles. The fourth-order valence-corrected chi connectivity index (χ4v) is 10.5. The largest absolute Gasteiger partial charge is 0.392 e. The van der Waals surface area contributed by atoms with Gasteiger partial charge >= 0.3 is 0 Å². The van der Waals surface area contributed by atoms with Crippen molar-refractivity contribution in [2.75, 3.05) is 6.54 Å². The Morgan fingerprint density at radius 2 is 2.18 bits per heavy atom. The van der Waals surface area contributed by atoms with Gasteiger partial charge in [-0.1, -0.05) is 25.5 Å². The first-order valence-electron chi connectivity index (χ1n) is 9.64. The summed E-state index contributed by atoms with van der Waals surface area (Å²) in [7, 11) is 0. The molecular weight excluding hydrogens is 270 g/mol. The highest BCUT2D eigenvalue weighted by molar-refractivity contribution is 5.41. The summed E-state index contributed by atoms with van der Waals surface area (Å²) >= 11 is 0. The molecule has 2 heteroatoms. The smallest absolute Gasteiger partial charge is 0.0654 e. The van der Waals surface area contributed by atoms with Gasteiger partial charge in [0, 0.05) is 30.5 Å². The number of aliphatic hydroxyl groups is 1. The molecule has 1 N–H and O–H groups in total. The number of fused-ring (bicyclic) bond motifs is 1. The average Bonchev–Trinajstić information content (AvgIpc) is 2.88. The van der Waals surface area contributed by atoms with Crippen molar-refractivity contribution in [3.8, 4) is 0 Å². The minimum absolute atomic E-state index is 0.0737. The summed E-state index contributed by atoms with van der Waals surface area (Å²) in [5, 5.41) is 11.2. The maximum atomic E-state index is 11.2. The summed E-state index contributed by atoms with van der Waals surface area (Å²) in [5.41, 5.74) is 3.05. The van der Waals surface area contributed by atoms with Crippen LogP contribution in [0.3, 0.4) is 0 Å². The molecule has 0 aromatic carbocycles. The molecule has 6 aliphatic carbocycles. The van der Waals surface area contributed by atoms with E-state index in [1.165, 1.54) is 50.6 Å². The molecule has 9 bridgehead atoms. The number of hydrogen-bond acceptors (Lipinski definition) is 2. The van der Waals surface area contributed by atoms with Gasteiger partial charge in [0.05, 0.1) is 6.10 Å². The minimum atomic E-state index is -0.0737. The molecule has 11 atom stereocenters. The molecule has 2 spiro atoms. The summed E-state index contributed by atoms with van der Waals surface area (Å²) in [6.45, 7) is 8.34. The molecule has 3 saturated heterocycles. The van der Waals surface area contributed by atoms with Crippen LogP contribution in [-0.2, 0) is 0 Å². The van der Waals surface area contributed by atoms with Crippen LogP contribution in [0.15, 0.2) is 12.2 Å². The second-order valence-corrected chi connectivity index (χ2v) is 10.5. The normalized spacial score (nSPS) is 75.1. The highest BCUT2D eigenvalue weighted by atomic mass is 16.3. The second-order valence-electron chi connectivity index (χ2n) is 10.5. The zero-order valence-electron chi connectivity index (χ0n) is 13.6. The van der Waals surface area contributed by atoms with Crippen LogP contribution in [0, 0.1) is 39.9 Å². The number of rotatable bonds is 0. The van der Waals surface area contributed by atoms with Gasteiger partial charge in [0.2, 0.25) is 0 Å². The maximum Gasteiger partial charge on any atom is 0.0654 e. The molecule has 9 fully saturated rings. The zero-order chi connectivity index (χ0) is 14.6. The van der Waals surface area contributed by atoms with Crippen molar-refractivity contribution in [2.24, 2.45) is 39.9 Å². The van der Waals surface area contributed by atoms with E-state index in [0.717, 1.165) is 23.9 Å². The van der Waals surface area contributed by atoms with Crippen LogP contribution in [-0.4, -0.2) is 34.7 Å². The van der Waals surface area contributed by atoms with E-state index in [4.69, 9.17) is 0 Å². The Hall–Kier alpha value is -0.340. The summed E-state index contributed by atoms with van der Waals surface area (Å²) in [6.07, 6.45) is 8.24. The third-order valence-electron chi connectivity index (χ3n) is 10.2. The van der Waals surface area contributed by atoms with Gasteiger partial charge in [-0.15, -0.1) is 0 Å². The molecule has 0 aromatic heterocycles. The van der Waals surface area contributed by atoms with Crippen LogP contribution in [0.4, 0.5) is 0 Å². The molecule has 22 heavy (non-hydrogen) atoms. The minimum Gasteiger partial charge on any atom is -0.392 e. The number of piperidine rings is 2. The third-order valence-corrected chi connectivity index (χ3v) is 10.2. The molecule has 9 rings (SSSR count). The van der Waals surface area contributed by atoms with E-state index in [1.807, 2.05) is 0 Å². The summed E-state index contributed by atoms with van der Waals surface area (Å²) in [5.74, 6) is 2.90. The molecule has 118 valence electrons. The van der Waals surface area contributed by atoms with Gasteiger partial charge in [0.1, 0.15) is 0 Å². The van der Waals surface area contributed by atoms with E-state index in [1.54, 1.807) is 0 Å². The lowest BCUT2D eigenvalue weighted by Crippen LogP contribution is -2.62. The highest BCUT2D eigenvalue weighted by Gasteiger charge is 2.87. The molecule has 2 nitrogen and oxygen atoms in total. The average molecular weight is 297 g/mol. The number of nitrogens with zero attached hydrogens (tertiary/aromatic N) is 1. The Bertz CT molecular complexity index is 644. The van der Waals surface area contributed by atoms with E-state index in [2.05, 4.69) is 18.4 Å². The predicted molar refractivity (Wildman–Crippen MR) is 84.1 cm³/mol. The lowest BCUT2D eigenvalue weighted by molar-refractivity contribution is -0.154. The first-order valence-corrected chi connectivity index (χ1v) is 9.64. The predicted octanol–water partition coefficient (Wildman–Crippen LogP) is 2.82. The summed E-state index contributed by atoms with van der Waals surface area (Å²) in [6, 6.07) is 1.60. The number of aliphatic hydroxyl groups excluding tert-OH is 1. The van der Waals surface area contributed by atoms with Crippen molar-refractivity contribution >= 4 is 0 Å². The van der Waals surface area contributed by atoms with Crippen LogP contribution < -0.4 is 0 Å². The van der Waals surface area contributed by atoms with Gasteiger partial charge < -0.3 is 5.11 Å². The Labute approximate surface area is 132 Å². The summed E-state index contributed by atoms with van der Waals surface area (Å²) in [4.78, 5) is 2.94. The maximum absolute atomic E-state index is 11.2. The molecular formula is C20H27NO. The lowest BCUT2D eigenvalue weighted by atomic mass is 9.41. The van der Waals surface area contributed by atoms with Crippen molar-refractivity contribution < 1.29 is 5.11 Å². The van der Waals surface area contributed by atoms with Crippen LogP contribution >= 0.6 is 0 Å². The van der Waals surface area contributed by atoms with Crippen molar-refractivity contribution in [3.05, 3.63) is 12.2 Å². The third kappa shape index (κ3) is 0.833. The summed E-state index contributed by atoms with van der Waals surface area (Å²) < 4.78 is 0. The van der Waals surface area contributed by atoms with E-state index in [0.29, 0.717) is 28.1 Å². The first-order chi connectivity index (χ1) is 10.5. The Morgan fingerprint density at radius 1 is 1.32 bits per heavy atom. The molecule has 0 radical (unpaired) electrons. The van der Waals surface area contributed by atoms with Gasteiger partial charge in [-0.3, -0.25) is 4.90 Å². The van der Waals surface area contributed by atoms with Gasteiger partial charge in [-0.05, 0) is 60.2 Å².